The summed E-state index contributed by atoms with van der Waals surface area (Å²) in [6.07, 6.45) is 0.407. The molecule has 0 bridgehead atoms. The van der Waals surface area contributed by atoms with E-state index in [1.54, 1.807) is 0 Å². The molecule has 0 spiro atoms. The van der Waals surface area contributed by atoms with Gasteiger partial charge in [-0.1, -0.05) is 54.6 Å². The molecule has 0 heterocycles. The summed E-state index contributed by atoms with van der Waals surface area (Å²) in [6, 6.07) is 18.0. The molecule has 2 aromatic carbocycles. The van der Waals surface area contributed by atoms with Gasteiger partial charge in [-0.05, 0) is 23.1 Å². The molecule has 0 fully saturated rings. The van der Waals surface area contributed by atoms with Gasteiger partial charge in [-0.3, -0.25) is 0 Å². The Hall–Kier alpha value is -1.64. The minimum atomic E-state index is -0.448. The first-order chi connectivity index (χ1) is 8.77. The highest BCUT2D eigenvalue weighted by atomic mass is 16.3. The predicted octanol–water partition coefficient (Wildman–Crippen LogP) is 2.59. The zero-order valence-corrected chi connectivity index (χ0v) is 10.2. The fraction of sp³-hybridized carbons (Fsp3) is 0.250. The summed E-state index contributed by atoms with van der Waals surface area (Å²) in [5, 5.41) is 10.4. The Kier molecular flexibility index (Phi) is 2.90. The van der Waals surface area contributed by atoms with E-state index in [1.807, 2.05) is 48.5 Å². The van der Waals surface area contributed by atoms with Crippen LogP contribution in [0.5, 0.6) is 0 Å². The Balaban J connectivity index is 1.88. The lowest BCUT2D eigenvalue weighted by atomic mass is 9.90. The van der Waals surface area contributed by atoms with E-state index in [9.17, 15) is 5.11 Å². The van der Waals surface area contributed by atoms with E-state index >= 15 is 0 Å². The highest BCUT2D eigenvalue weighted by Gasteiger charge is 2.35. The van der Waals surface area contributed by atoms with Crippen LogP contribution in [-0.4, -0.2) is 5.11 Å². The molecule has 1 unspecified atom stereocenters. The number of hydrogen-bond acceptors (Lipinski definition) is 2. The van der Waals surface area contributed by atoms with Gasteiger partial charge in [0, 0.05) is 12.0 Å². The molecule has 0 amide bonds. The average molecular weight is 239 g/mol. The van der Waals surface area contributed by atoms with Crippen molar-refractivity contribution in [1.29, 1.82) is 0 Å². The molecule has 0 saturated carbocycles. The summed E-state index contributed by atoms with van der Waals surface area (Å²) in [5.74, 6) is 0.0739. The van der Waals surface area contributed by atoms with Crippen LogP contribution in [0.3, 0.4) is 0 Å². The molecule has 2 nitrogen and oxygen atoms in total. The lowest BCUT2D eigenvalue weighted by molar-refractivity contribution is 0.108. The van der Waals surface area contributed by atoms with Crippen LogP contribution in [0, 0.1) is 5.92 Å². The van der Waals surface area contributed by atoms with Gasteiger partial charge < -0.3 is 10.8 Å². The van der Waals surface area contributed by atoms with Crippen molar-refractivity contribution in [2.75, 3.05) is 0 Å². The first-order valence-electron chi connectivity index (χ1n) is 6.34. The summed E-state index contributed by atoms with van der Waals surface area (Å²) in [6.45, 7) is 0. The van der Waals surface area contributed by atoms with Gasteiger partial charge in [0.05, 0.1) is 6.10 Å². The molecule has 3 atom stereocenters. The smallest absolute Gasteiger partial charge is 0.0842 e. The lowest BCUT2D eigenvalue weighted by Crippen LogP contribution is -2.24. The average Bonchev–Trinajstić information content (AvgIpc) is 2.77. The first kappa shape index (κ1) is 11.5. The number of rotatable bonds is 2. The molecule has 3 rings (SSSR count). The number of aliphatic hydroxyl groups excluding tert-OH is 1. The Morgan fingerprint density at radius 3 is 2.39 bits per heavy atom. The summed E-state index contributed by atoms with van der Waals surface area (Å²) in [5.41, 5.74) is 9.66. The Morgan fingerprint density at radius 2 is 1.67 bits per heavy atom. The third kappa shape index (κ3) is 1.84. The third-order valence-corrected chi connectivity index (χ3v) is 3.88. The van der Waals surface area contributed by atoms with Crippen molar-refractivity contribution in [1.82, 2.24) is 0 Å². The Bertz CT molecular complexity index is 538. The molecule has 0 radical (unpaired) electrons. The maximum atomic E-state index is 10.4. The van der Waals surface area contributed by atoms with Crippen LogP contribution < -0.4 is 5.73 Å². The predicted molar refractivity (Wildman–Crippen MR) is 72.0 cm³/mol. The van der Waals surface area contributed by atoms with Crippen molar-refractivity contribution in [3.8, 4) is 0 Å². The van der Waals surface area contributed by atoms with E-state index in [4.69, 9.17) is 5.73 Å². The van der Waals surface area contributed by atoms with Gasteiger partial charge in [-0.15, -0.1) is 0 Å². The van der Waals surface area contributed by atoms with E-state index in [-0.39, 0.29) is 12.0 Å². The maximum Gasteiger partial charge on any atom is 0.0842 e. The van der Waals surface area contributed by atoms with Crippen molar-refractivity contribution < 1.29 is 5.11 Å². The van der Waals surface area contributed by atoms with Gasteiger partial charge in [-0.25, -0.2) is 0 Å². The van der Waals surface area contributed by atoms with Gasteiger partial charge in [0.1, 0.15) is 0 Å². The molecule has 0 saturated heterocycles. The first-order valence-corrected chi connectivity index (χ1v) is 6.34. The largest absolute Gasteiger partial charge is 0.388 e. The quantitative estimate of drug-likeness (QED) is 0.846. The number of aliphatic hydroxyl groups is 1. The van der Waals surface area contributed by atoms with Crippen LogP contribution in [0.15, 0.2) is 54.6 Å². The van der Waals surface area contributed by atoms with Gasteiger partial charge >= 0.3 is 0 Å². The molecular formula is C16H17NO. The summed E-state index contributed by atoms with van der Waals surface area (Å²) in [4.78, 5) is 0. The zero-order chi connectivity index (χ0) is 12.5. The van der Waals surface area contributed by atoms with Crippen molar-refractivity contribution in [3.63, 3.8) is 0 Å². The van der Waals surface area contributed by atoms with Crippen LogP contribution in [-0.2, 0) is 6.42 Å². The standard InChI is InChI=1S/C16H17NO/c17-15(11-6-2-1-3-7-11)14-10-12-8-4-5-9-13(12)16(14)18/h1-9,14-16,18H,10,17H2/t14?,15-,16+/m1/s1. The second kappa shape index (κ2) is 4.56. The minimum absolute atomic E-state index is 0.0739. The summed E-state index contributed by atoms with van der Waals surface area (Å²) >= 11 is 0. The molecule has 3 N–H and O–H groups in total. The maximum absolute atomic E-state index is 10.4. The topological polar surface area (TPSA) is 46.2 Å². The fourth-order valence-corrected chi connectivity index (χ4v) is 2.85. The molecule has 0 aromatic heterocycles. The summed E-state index contributed by atoms with van der Waals surface area (Å²) in [7, 11) is 0. The third-order valence-electron chi connectivity index (χ3n) is 3.88. The molecule has 1 aliphatic rings. The van der Waals surface area contributed by atoms with Gasteiger partial charge in [-0.2, -0.15) is 0 Å². The SMILES string of the molecule is N[C@H](c1ccccc1)C1Cc2ccccc2[C@@H]1O. The minimum Gasteiger partial charge on any atom is -0.388 e. The Labute approximate surface area is 107 Å². The number of benzene rings is 2. The van der Waals surface area contributed by atoms with E-state index in [2.05, 4.69) is 6.07 Å². The normalized spacial score (nSPS) is 23.7. The Morgan fingerprint density at radius 1 is 1.00 bits per heavy atom. The number of hydrogen-bond donors (Lipinski definition) is 2. The second-order valence-electron chi connectivity index (χ2n) is 4.95. The van der Waals surface area contributed by atoms with Crippen molar-refractivity contribution in [3.05, 3.63) is 71.3 Å². The van der Waals surface area contributed by atoms with E-state index < -0.39 is 6.10 Å². The molecule has 2 aromatic rings. The van der Waals surface area contributed by atoms with Crippen molar-refractivity contribution in [2.24, 2.45) is 11.7 Å². The highest BCUT2D eigenvalue weighted by molar-refractivity contribution is 5.36. The van der Waals surface area contributed by atoms with Gasteiger partial charge in [0.2, 0.25) is 0 Å². The van der Waals surface area contributed by atoms with Crippen LogP contribution in [0.25, 0.3) is 0 Å². The second-order valence-corrected chi connectivity index (χ2v) is 4.95. The number of fused-ring (bicyclic) bond motifs is 1. The van der Waals surface area contributed by atoms with E-state index in [1.165, 1.54) is 5.56 Å². The van der Waals surface area contributed by atoms with Crippen LogP contribution >= 0.6 is 0 Å². The van der Waals surface area contributed by atoms with Crippen LogP contribution in [0.4, 0.5) is 0 Å². The van der Waals surface area contributed by atoms with Crippen LogP contribution in [0.1, 0.15) is 28.8 Å². The van der Waals surface area contributed by atoms with Crippen molar-refractivity contribution in [2.45, 2.75) is 18.6 Å². The van der Waals surface area contributed by atoms with Gasteiger partial charge in [0.15, 0.2) is 0 Å². The number of nitrogens with two attached hydrogens (primary N) is 1. The highest BCUT2D eigenvalue weighted by Crippen LogP contribution is 2.41. The molecule has 18 heavy (non-hydrogen) atoms. The zero-order valence-electron chi connectivity index (χ0n) is 10.2. The monoisotopic (exact) mass is 239 g/mol. The molecule has 1 aliphatic carbocycles. The fourth-order valence-electron chi connectivity index (χ4n) is 2.85. The lowest BCUT2D eigenvalue weighted by Gasteiger charge is -2.23. The summed E-state index contributed by atoms with van der Waals surface area (Å²) < 4.78 is 0. The van der Waals surface area contributed by atoms with Gasteiger partial charge in [0.25, 0.3) is 0 Å². The van der Waals surface area contributed by atoms with Crippen molar-refractivity contribution >= 4 is 0 Å². The van der Waals surface area contributed by atoms with Crippen LogP contribution in [0.2, 0.25) is 0 Å². The van der Waals surface area contributed by atoms with E-state index in [0.29, 0.717) is 0 Å². The molecule has 2 heteroatoms. The molecule has 0 aliphatic heterocycles. The van der Waals surface area contributed by atoms with E-state index in [0.717, 1.165) is 17.5 Å². The molecule has 92 valence electrons. The molecular weight excluding hydrogens is 222 g/mol.